The smallest absolute Gasteiger partial charge is 0.387 e. The molecule has 2 amide bonds. The summed E-state index contributed by atoms with van der Waals surface area (Å²) < 4.78 is 29.1. The lowest BCUT2D eigenvalue weighted by Gasteiger charge is -2.35. The van der Waals surface area contributed by atoms with Gasteiger partial charge in [-0.25, -0.2) is 9.78 Å². The van der Waals surface area contributed by atoms with E-state index in [0.717, 1.165) is 0 Å². The van der Waals surface area contributed by atoms with Crippen LogP contribution in [0.5, 0.6) is 5.75 Å². The van der Waals surface area contributed by atoms with Crippen molar-refractivity contribution in [3.8, 4) is 5.75 Å². The van der Waals surface area contributed by atoms with Crippen LogP contribution in [0.3, 0.4) is 0 Å². The Kier molecular flexibility index (Phi) is 6.54. The van der Waals surface area contributed by atoms with Crippen molar-refractivity contribution in [2.24, 2.45) is 0 Å². The van der Waals surface area contributed by atoms with Crippen molar-refractivity contribution in [2.45, 2.75) is 6.61 Å². The molecule has 0 radical (unpaired) electrons. The maximum absolute atomic E-state index is 12.5. The summed E-state index contributed by atoms with van der Waals surface area (Å²) in [6, 6.07) is 14.8. The van der Waals surface area contributed by atoms with Gasteiger partial charge >= 0.3 is 12.6 Å². The van der Waals surface area contributed by atoms with Crippen LogP contribution in [-0.2, 0) is 0 Å². The van der Waals surface area contributed by atoms with Gasteiger partial charge < -0.3 is 25.2 Å². The number of carbonyl (C=O) groups is 1. The number of aromatic nitrogens is 3. The Bertz CT molecular complexity index is 1030. The number of anilines is 4. The molecule has 32 heavy (non-hydrogen) atoms. The maximum atomic E-state index is 12.5. The molecule has 0 aliphatic carbocycles. The molecule has 2 aromatic heterocycles. The first-order valence-electron chi connectivity index (χ1n) is 9.94. The minimum Gasteiger partial charge on any atom is -0.435 e. The lowest BCUT2D eigenvalue weighted by molar-refractivity contribution is -0.0498. The monoisotopic (exact) mass is 441 g/mol. The van der Waals surface area contributed by atoms with E-state index >= 15 is 0 Å². The second-order valence-corrected chi connectivity index (χ2v) is 6.93. The van der Waals surface area contributed by atoms with Crippen molar-refractivity contribution in [3.05, 3.63) is 60.8 Å². The van der Waals surface area contributed by atoms with Gasteiger partial charge in [0.1, 0.15) is 11.6 Å². The number of urea groups is 1. The Hall–Kier alpha value is -4.02. The van der Waals surface area contributed by atoms with E-state index < -0.39 is 6.61 Å². The number of ether oxygens (including phenoxy) is 1. The Morgan fingerprint density at radius 2 is 1.81 bits per heavy atom. The third-order valence-corrected chi connectivity index (χ3v) is 4.77. The van der Waals surface area contributed by atoms with Gasteiger partial charge in [-0.05, 0) is 36.4 Å². The highest BCUT2D eigenvalue weighted by Gasteiger charge is 2.22. The van der Waals surface area contributed by atoms with E-state index in [0.29, 0.717) is 49.3 Å². The Morgan fingerprint density at radius 1 is 0.969 bits per heavy atom. The molecule has 3 aromatic rings. The normalized spacial score (nSPS) is 13.7. The number of carbonyl (C=O) groups excluding carboxylic acids is 1. The molecule has 1 aliphatic heterocycles. The SMILES string of the molecule is O=C(Nc1cccc(OC(F)F)c1)N1CCN(c2ccc(Nc3ccccn3)nn2)CC1. The molecule has 0 atom stereocenters. The third kappa shape index (κ3) is 5.56. The molecule has 0 bridgehead atoms. The number of rotatable bonds is 6. The van der Waals surface area contributed by atoms with Crippen molar-refractivity contribution in [1.82, 2.24) is 20.1 Å². The molecule has 4 rings (SSSR count). The van der Waals surface area contributed by atoms with Gasteiger partial charge in [-0.1, -0.05) is 12.1 Å². The maximum Gasteiger partial charge on any atom is 0.387 e. The second-order valence-electron chi connectivity index (χ2n) is 6.93. The van der Waals surface area contributed by atoms with Crippen LogP contribution < -0.4 is 20.3 Å². The van der Waals surface area contributed by atoms with Crippen LogP contribution in [0.15, 0.2) is 60.8 Å². The van der Waals surface area contributed by atoms with Crippen LogP contribution in [0.2, 0.25) is 0 Å². The molecule has 11 heteroatoms. The zero-order valence-corrected chi connectivity index (χ0v) is 17.0. The predicted octanol–water partition coefficient (Wildman–Crippen LogP) is 3.57. The molecule has 1 aliphatic rings. The van der Waals surface area contributed by atoms with Gasteiger partial charge in [-0.15, -0.1) is 10.2 Å². The van der Waals surface area contributed by atoms with Gasteiger partial charge in [0.15, 0.2) is 11.6 Å². The zero-order chi connectivity index (χ0) is 22.3. The van der Waals surface area contributed by atoms with Crippen molar-refractivity contribution < 1.29 is 18.3 Å². The number of hydrogen-bond donors (Lipinski definition) is 2. The number of nitrogens with zero attached hydrogens (tertiary/aromatic N) is 5. The quantitative estimate of drug-likeness (QED) is 0.604. The molecular weight excluding hydrogens is 420 g/mol. The largest absolute Gasteiger partial charge is 0.435 e. The van der Waals surface area contributed by atoms with Crippen LogP contribution in [0.4, 0.5) is 36.7 Å². The minimum atomic E-state index is -2.92. The average molecular weight is 441 g/mol. The summed E-state index contributed by atoms with van der Waals surface area (Å²) in [4.78, 5) is 20.4. The number of piperazine rings is 1. The summed E-state index contributed by atoms with van der Waals surface area (Å²) in [5.74, 6) is 1.97. The average Bonchev–Trinajstić information content (AvgIpc) is 2.80. The van der Waals surface area contributed by atoms with Crippen molar-refractivity contribution in [2.75, 3.05) is 41.7 Å². The standard InChI is InChI=1S/C21H21F2N7O2/c22-20(23)32-16-5-3-4-15(14-16)25-21(31)30-12-10-29(11-13-30)19-8-7-18(27-28-19)26-17-6-1-2-9-24-17/h1-9,14,20H,10-13H2,(H,25,31)(H,24,26,27). The highest BCUT2D eigenvalue weighted by molar-refractivity contribution is 5.89. The number of benzene rings is 1. The van der Waals surface area contributed by atoms with E-state index in [2.05, 4.69) is 30.6 Å². The van der Waals surface area contributed by atoms with Crippen LogP contribution in [0.25, 0.3) is 0 Å². The third-order valence-electron chi connectivity index (χ3n) is 4.77. The lowest BCUT2D eigenvalue weighted by atomic mass is 10.3. The molecule has 166 valence electrons. The molecule has 9 nitrogen and oxygen atoms in total. The highest BCUT2D eigenvalue weighted by Crippen LogP contribution is 2.20. The number of hydrogen-bond acceptors (Lipinski definition) is 7. The van der Waals surface area contributed by atoms with Crippen molar-refractivity contribution in [3.63, 3.8) is 0 Å². The molecule has 0 saturated carbocycles. The van der Waals surface area contributed by atoms with Gasteiger partial charge in [0, 0.05) is 44.1 Å². The van der Waals surface area contributed by atoms with Gasteiger partial charge in [0.2, 0.25) is 0 Å². The van der Waals surface area contributed by atoms with Crippen molar-refractivity contribution >= 4 is 29.2 Å². The molecule has 1 saturated heterocycles. The number of alkyl halides is 2. The van der Waals surface area contributed by atoms with E-state index in [1.807, 2.05) is 35.2 Å². The second kappa shape index (κ2) is 9.86. The van der Waals surface area contributed by atoms with Gasteiger partial charge in [-0.3, -0.25) is 0 Å². The predicted molar refractivity (Wildman–Crippen MR) is 115 cm³/mol. The van der Waals surface area contributed by atoms with Gasteiger partial charge in [0.05, 0.1) is 0 Å². The highest BCUT2D eigenvalue weighted by atomic mass is 19.3. The fourth-order valence-electron chi connectivity index (χ4n) is 3.22. The van der Waals surface area contributed by atoms with E-state index in [1.54, 1.807) is 17.2 Å². The fourth-order valence-corrected chi connectivity index (χ4v) is 3.22. The van der Waals surface area contributed by atoms with Crippen LogP contribution in [0.1, 0.15) is 0 Å². The van der Waals surface area contributed by atoms with Gasteiger partial charge in [-0.2, -0.15) is 8.78 Å². The van der Waals surface area contributed by atoms with E-state index in [1.165, 1.54) is 18.2 Å². The minimum absolute atomic E-state index is 0.0119. The zero-order valence-electron chi connectivity index (χ0n) is 17.0. The number of amides is 2. The molecule has 1 aromatic carbocycles. The molecule has 3 heterocycles. The fraction of sp³-hybridized carbons (Fsp3) is 0.238. The number of nitrogens with one attached hydrogen (secondary N) is 2. The summed E-state index contributed by atoms with van der Waals surface area (Å²) >= 11 is 0. The Morgan fingerprint density at radius 3 is 2.50 bits per heavy atom. The van der Waals surface area contributed by atoms with Gasteiger partial charge in [0.25, 0.3) is 0 Å². The lowest BCUT2D eigenvalue weighted by Crippen LogP contribution is -2.50. The molecular formula is C21H21F2N7O2. The van der Waals surface area contributed by atoms with E-state index in [4.69, 9.17) is 0 Å². The topological polar surface area (TPSA) is 95.5 Å². The first-order chi connectivity index (χ1) is 15.6. The summed E-state index contributed by atoms with van der Waals surface area (Å²) in [6.07, 6.45) is 1.69. The van der Waals surface area contributed by atoms with E-state index in [-0.39, 0.29) is 11.8 Å². The van der Waals surface area contributed by atoms with Crippen LogP contribution in [-0.4, -0.2) is 58.9 Å². The summed E-state index contributed by atoms with van der Waals surface area (Å²) in [5, 5.41) is 14.2. The number of pyridine rings is 1. The summed E-state index contributed by atoms with van der Waals surface area (Å²) in [6.45, 7) is -0.784. The Labute approximate surface area is 183 Å². The number of halogens is 2. The summed E-state index contributed by atoms with van der Waals surface area (Å²) in [5.41, 5.74) is 0.387. The summed E-state index contributed by atoms with van der Waals surface area (Å²) in [7, 11) is 0. The van der Waals surface area contributed by atoms with Crippen molar-refractivity contribution in [1.29, 1.82) is 0 Å². The van der Waals surface area contributed by atoms with E-state index in [9.17, 15) is 13.6 Å². The molecule has 2 N–H and O–H groups in total. The first-order valence-corrected chi connectivity index (χ1v) is 9.94. The van der Waals surface area contributed by atoms with Crippen LogP contribution in [0, 0.1) is 0 Å². The van der Waals surface area contributed by atoms with Crippen LogP contribution >= 0.6 is 0 Å². The molecule has 1 fully saturated rings. The molecule has 0 unspecified atom stereocenters. The first kappa shape index (κ1) is 21.2. The molecule has 0 spiro atoms. The Balaban J connectivity index is 1.28.